The monoisotopic (exact) mass is 271 g/mol. The summed E-state index contributed by atoms with van der Waals surface area (Å²) in [7, 11) is 0. The fourth-order valence-corrected chi connectivity index (χ4v) is 2.23. The smallest absolute Gasteiger partial charge is 0.293 e. The Bertz CT molecular complexity index is 461. The Hall–Kier alpha value is -1.07. The Morgan fingerprint density at radius 3 is 3.06 bits per heavy atom. The fraction of sp³-hybridized carbons (Fsp3) is 0.667. The molecule has 0 amide bonds. The van der Waals surface area contributed by atoms with Gasteiger partial charge in [0.15, 0.2) is 5.82 Å². The Kier molecular flexibility index (Phi) is 4.24. The average molecular weight is 272 g/mol. The van der Waals surface area contributed by atoms with Crippen molar-refractivity contribution in [2.45, 2.75) is 26.0 Å². The Balaban J connectivity index is 2.28. The van der Waals surface area contributed by atoms with Gasteiger partial charge in [-0.3, -0.25) is 4.79 Å². The lowest BCUT2D eigenvalue weighted by molar-refractivity contribution is 0.0550. The first kappa shape index (κ1) is 13.4. The van der Waals surface area contributed by atoms with E-state index in [4.69, 9.17) is 16.3 Å². The zero-order valence-corrected chi connectivity index (χ0v) is 11.4. The van der Waals surface area contributed by atoms with Crippen molar-refractivity contribution in [3.63, 3.8) is 0 Å². The summed E-state index contributed by atoms with van der Waals surface area (Å²) in [6.07, 6.45) is 3.35. The largest absolute Gasteiger partial charge is 0.373 e. The number of ether oxygens (including phenoxy) is 1. The lowest BCUT2D eigenvalue weighted by Gasteiger charge is -2.32. The third-order valence-corrected chi connectivity index (χ3v) is 3.36. The number of rotatable bonds is 3. The van der Waals surface area contributed by atoms with Crippen molar-refractivity contribution in [3.05, 3.63) is 22.7 Å². The summed E-state index contributed by atoms with van der Waals surface area (Å²) in [6, 6.07) is 0.129. The minimum Gasteiger partial charge on any atom is -0.373 e. The van der Waals surface area contributed by atoms with Crippen LogP contribution in [0.3, 0.4) is 0 Å². The number of anilines is 1. The van der Waals surface area contributed by atoms with E-state index in [1.165, 1.54) is 0 Å². The van der Waals surface area contributed by atoms with E-state index in [9.17, 15) is 4.79 Å². The molecule has 1 saturated heterocycles. The molecule has 0 aromatic carbocycles. The Morgan fingerprint density at radius 1 is 1.61 bits per heavy atom. The van der Waals surface area contributed by atoms with Gasteiger partial charge in [0.1, 0.15) is 0 Å². The van der Waals surface area contributed by atoms with Crippen LogP contribution in [0.5, 0.6) is 0 Å². The van der Waals surface area contributed by atoms with Crippen molar-refractivity contribution in [1.29, 1.82) is 0 Å². The number of aromatic nitrogens is 2. The van der Waals surface area contributed by atoms with Crippen molar-refractivity contribution >= 4 is 17.4 Å². The van der Waals surface area contributed by atoms with E-state index in [0.717, 1.165) is 0 Å². The molecule has 1 aromatic rings. The molecule has 18 heavy (non-hydrogen) atoms. The van der Waals surface area contributed by atoms with Gasteiger partial charge in [-0.05, 0) is 13.8 Å². The predicted octanol–water partition coefficient (Wildman–Crippen LogP) is 1.27. The van der Waals surface area contributed by atoms with Gasteiger partial charge in [0.05, 0.1) is 18.6 Å². The summed E-state index contributed by atoms with van der Waals surface area (Å²) >= 11 is 5.80. The van der Waals surface area contributed by atoms with Crippen LogP contribution in [0.15, 0.2) is 17.2 Å². The van der Waals surface area contributed by atoms with Crippen LogP contribution >= 0.6 is 11.6 Å². The highest BCUT2D eigenvalue weighted by Crippen LogP contribution is 2.12. The van der Waals surface area contributed by atoms with Crippen molar-refractivity contribution in [3.8, 4) is 0 Å². The second-order valence-electron chi connectivity index (χ2n) is 4.65. The van der Waals surface area contributed by atoms with Crippen molar-refractivity contribution < 1.29 is 4.74 Å². The van der Waals surface area contributed by atoms with E-state index >= 15 is 0 Å². The van der Waals surface area contributed by atoms with E-state index in [2.05, 4.69) is 4.98 Å². The number of alkyl halides is 1. The van der Waals surface area contributed by atoms with E-state index in [1.54, 1.807) is 17.0 Å². The highest BCUT2D eigenvalue weighted by molar-refractivity contribution is 6.18. The first-order chi connectivity index (χ1) is 8.63. The standard InChI is InChI=1S/C12H18ClN3O2/c1-9(2)16-4-3-14-11(12(16)17)15-5-6-18-10(7-13)8-15/h3-4,9-10H,5-8H2,1-2H3. The van der Waals surface area contributed by atoms with E-state index in [-0.39, 0.29) is 17.7 Å². The molecule has 0 aliphatic carbocycles. The first-order valence-electron chi connectivity index (χ1n) is 6.13. The van der Waals surface area contributed by atoms with Gasteiger partial charge in [-0.2, -0.15) is 0 Å². The second kappa shape index (κ2) is 5.71. The zero-order valence-electron chi connectivity index (χ0n) is 10.7. The molecule has 100 valence electrons. The normalized spacial score (nSPS) is 20.4. The maximum atomic E-state index is 12.3. The first-order valence-corrected chi connectivity index (χ1v) is 6.66. The van der Waals surface area contributed by atoms with Gasteiger partial charge < -0.3 is 14.2 Å². The van der Waals surface area contributed by atoms with Gasteiger partial charge in [-0.1, -0.05) is 0 Å². The van der Waals surface area contributed by atoms with E-state index < -0.39 is 0 Å². The molecule has 1 aliphatic heterocycles. The minimum absolute atomic E-state index is 0.0330. The molecule has 0 saturated carbocycles. The molecule has 2 rings (SSSR count). The molecular weight excluding hydrogens is 254 g/mol. The molecule has 6 heteroatoms. The van der Waals surface area contributed by atoms with Crippen LogP contribution in [0.25, 0.3) is 0 Å². The number of hydrogen-bond acceptors (Lipinski definition) is 4. The van der Waals surface area contributed by atoms with Crippen LogP contribution in [0.1, 0.15) is 19.9 Å². The van der Waals surface area contributed by atoms with Crippen LogP contribution < -0.4 is 10.5 Å². The minimum atomic E-state index is -0.0530. The van der Waals surface area contributed by atoms with Crippen LogP contribution in [0, 0.1) is 0 Å². The zero-order chi connectivity index (χ0) is 13.1. The molecule has 0 spiro atoms. The summed E-state index contributed by atoms with van der Waals surface area (Å²) in [5.74, 6) is 0.923. The number of morpholine rings is 1. The van der Waals surface area contributed by atoms with Crippen molar-refractivity contribution in [1.82, 2.24) is 9.55 Å². The topological polar surface area (TPSA) is 47.4 Å². The quantitative estimate of drug-likeness (QED) is 0.777. The third kappa shape index (κ3) is 2.67. The molecule has 1 unspecified atom stereocenters. The van der Waals surface area contributed by atoms with Crippen LogP contribution in [0.4, 0.5) is 5.82 Å². The molecule has 1 atom stereocenters. The fourth-order valence-electron chi connectivity index (χ4n) is 2.04. The molecule has 1 fully saturated rings. The maximum Gasteiger partial charge on any atom is 0.293 e. The molecule has 0 bridgehead atoms. The molecule has 2 heterocycles. The SMILES string of the molecule is CC(C)n1ccnc(N2CCOC(CCl)C2)c1=O. The molecule has 1 aromatic heterocycles. The van der Waals surface area contributed by atoms with E-state index in [0.29, 0.717) is 31.4 Å². The number of halogens is 1. The molecule has 0 N–H and O–H groups in total. The molecule has 1 aliphatic rings. The summed E-state index contributed by atoms with van der Waals surface area (Å²) < 4.78 is 7.17. The third-order valence-electron chi connectivity index (χ3n) is 3.02. The number of hydrogen-bond donors (Lipinski definition) is 0. The van der Waals surface area contributed by atoms with Gasteiger partial charge in [-0.25, -0.2) is 4.98 Å². The van der Waals surface area contributed by atoms with Gasteiger partial charge in [0.2, 0.25) is 0 Å². The summed E-state index contributed by atoms with van der Waals surface area (Å²) in [5.41, 5.74) is -0.0530. The van der Waals surface area contributed by atoms with Crippen LogP contribution in [0.2, 0.25) is 0 Å². The Morgan fingerprint density at radius 2 is 2.39 bits per heavy atom. The molecular formula is C12H18ClN3O2. The van der Waals surface area contributed by atoms with Crippen molar-refractivity contribution in [2.24, 2.45) is 0 Å². The lowest BCUT2D eigenvalue weighted by Crippen LogP contribution is -2.46. The predicted molar refractivity (Wildman–Crippen MR) is 71.6 cm³/mol. The lowest BCUT2D eigenvalue weighted by atomic mass is 10.3. The van der Waals surface area contributed by atoms with Crippen LogP contribution in [-0.2, 0) is 4.74 Å². The molecule has 0 radical (unpaired) electrons. The van der Waals surface area contributed by atoms with Gasteiger partial charge in [0, 0.05) is 31.5 Å². The van der Waals surface area contributed by atoms with Gasteiger partial charge in [0.25, 0.3) is 5.56 Å². The number of nitrogens with zero attached hydrogens (tertiary/aromatic N) is 3. The summed E-state index contributed by atoms with van der Waals surface area (Å²) in [4.78, 5) is 18.5. The van der Waals surface area contributed by atoms with Crippen molar-refractivity contribution in [2.75, 3.05) is 30.5 Å². The van der Waals surface area contributed by atoms with Crippen LogP contribution in [-0.4, -0.2) is 41.2 Å². The Labute approximate surface area is 111 Å². The van der Waals surface area contributed by atoms with Gasteiger partial charge >= 0.3 is 0 Å². The highest BCUT2D eigenvalue weighted by atomic mass is 35.5. The molecule has 5 nitrogen and oxygen atoms in total. The average Bonchev–Trinajstić information content (AvgIpc) is 2.38. The maximum absolute atomic E-state index is 12.3. The van der Waals surface area contributed by atoms with E-state index in [1.807, 2.05) is 18.7 Å². The second-order valence-corrected chi connectivity index (χ2v) is 4.96. The van der Waals surface area contributed by atoms with Gasteiger partial charge in [-0.15, -0.1) is 11.6 Å². The summed E-state index contributed by atoms with van der Waals surface area (Å²) in [5, 5.41) is 0. The summed E-state index contributed by atoms with van der Waals surface area (Å²) in [6.45, 7) is 5.83. The highest BCUT2D eigenvalue weighted by Gasteiger charge is 2.23.